The van der Waals surface area contributed by atoms with Gasteiger partial charge in [-0.15, -0.1) is 0 Å². The summed E-state index contributed by atoms with van der Waals surface area (Å²) < 4.78 is 34.0. The highest BCUT2D eigenvalue weighted by Crippen LogP contribution is 2.25. The summed E-state index contributed by atoms with van der Waals surface area (Å²) in [6.45, 7) is 2.52. The number of benzene rings is 1. The quantitative estimate of drug-likeness (QED) is 0.697. The normalized spacial score (nSPS) is 11.0. The van der Waals surface area contributed by atoms with E-state index in [2.05, 4.69) is 10.1 Å². The fourth-order valence-electron chi connectivity index (χ4n) is 1.94. The van der Waals surface area contributed by atoms with E-state index in [1.807, 2.05) is 13.8 Å². The molecule has 0 aliphatic heterocycles. The van der Waals surface area contributed by atoms with Crippen LogP contribution in [0.25, 0.3) is 0 Å². The number of ether oxygens (including phenoxy) is 2. The van der Waals surface area contributed by atoms with Gasteiger partial charge in [-0.3, -0.25) is 14.5 Å². The SMILES string of the molecule is CCOC(=O)CN(CC(=O)Nc1ccccc1OC(F)F)C(C)C. The number of alkyl halides is 2. The molecule has 0 heterocycles. The average Bonchev–Trinajstić information content (AvgIpc) is 2.48. The lowest BCUT2D eigenvalue weighted by molar-refractivity contribution is -0.145. The number of halogens is 2. The molecule has 0 fully saturated rings. The van der Waals surface area contributed by atoms with Crippen LogP contribution in [0, 0.1) is 0 Å². The molecule has 0 saturated carbocycles. The van der Waals surface area contributed by atoms with Crippen LogP contribution in [-0.4, -0.2) is 49.1 Å². The summed E-state index contributed by atoms with van der Waals surface area (Å²) in [5.74, 6) is -0.999. The van der Waals surface area contributed by atoms with Crippen molar-refractivity contribution in [2.75, 3.05) is 25.0 Å². The molecule has 0 aromatic heterocycles. The number of carbonyl (C=O) groups is 2. The summed E-state index contributed by atoms with van der Waals surface area (Å²) >= 11 is 0. The van der Waals surface area contributed by atoms with Crippen LogP contribution < -0.4 is 10.1 Å². The first-order chi connectivity index (χ1) is 11.3. The molecule has 0 saturated heterocycles. The van der Waals surface area contributed by atoms with Gasteiger partial charge in [-0.1, -0.05) is 12.1 Å². The van der Waals surface area contributed by atoms with Crippen LogP contribution in [0.5, 0.6) is 5.75 Å². The van der Waals surface area contributed by atoms with E-state index in [0.717, 1.165) is 0 Å². The first kappa shape index (κ1) is 19.8. The molecule has 0 aliphatic rings. The molecule has 0 atom stereocenters. The molecule has 0 spiro atoms. The lowest BCUT2D eigenvalue weighted by Gasteiger charge is -2.24. The van der Waals surface area contributed by atoms with E-state index >= 15 is 0 Å². The lowest BCUT2D eigenvalue weighted by Crippen LogP contribution is -2.41. The van der Waals surface area contributed by atoms with Crippen LogP contribution in [0.15, 0.2) is 24.3 Å². The van der Waals surface area contributed by atoms with Gasteiger partial charge in [-0.2, -0.15) is 8.78 Å². The van der Waals surface area contributed by atoms with E-state index in [-0.39, 0.29) is 37.2 Å². The predicted molar refractivity (Wildman–Crippen MR) is 85.0 cm³/mol. The Morgan fingerprint density at radius 2 is 1.88 bits per heavy atom. The number of carbonyl (C=O) groups excluding carboxylic acids is 2. The second-order valence-corrected chi connectivity index (χ2v) is 5.23. The lowest BCUT2D eigenvalue weighted by atomic mass is 10.2. The van der Waals surface area contributed by atoms with Gasteiger partial charge < -0.3 is 14.8 Å². The van der Waals surface area contributed by atoms with E-state index < -0.39 is 18.5 Å². The van der Waals surface area contributed by atoms with E-state index in [9.17, 15) is 18.4 Å². The summed E-state index contributed by atoms with van der Waals surface area (Å²) in [4.78, 5) is 25.3. The molecular formula is C16H22F2N2O4. The number of nitrogens with zero attached hydrogens (tertiary/aromatic N) is 1. The molecule has 1 rings (SSSR count). The third kappa shape index (κ3) is 6.91. The van der Waals surface area contributed by atoms with Crippen molar-refractivity contribution in [3.63, 3.8) is 0 Å². The van der Waals surface area contributed by atoms with Gasteiger partial charge in [-0.25, -0.2) is 0 Å². The Balaban J connectivity index is 2.71. The van der Waals surface area contributed by atoms with Crippen molar-refractivity contribution < 1.29 is 27.8 Å². The van der Waals surface area contributed by atoms with Gasteiger partial charge in [0.15, 0.2) is 0 Å². The number of anilines is 1. The molecule has 24 heavy (non-hydrogen) atoms. The zero-order chi connectivity index (χ0) is 18.1. The second-order valence-electron chi connectivity index (χ2n) is 5.23. The molecule has 6 nitrogen and oxygen atoms in total. The summed E-state index contributed by atoms with van der Waals surface area (Å²) in [6.07, 6.45) is 0. The van der Waals surface area contributed by atoms with Crippen molar-refractivity contribution in [1.29, 1.82) is 0 Å². The van der Waals surface area contributed by atoms with Crippen LogP contribution >= 0.6 is 0 Å². The van der Waals surface area contributed by atoms with Gasteiger partial charge in [0.25, 0.3) is 0 Å². The molecule has 134 valence electrons. The van der Waals surface area contributed by atoms with Crippen molar-refractivity contribution in [2.45, 2.75) is 33.4 Å². The topological polar surface area (TPSA) is 67.9 Å². The van der Waals surface area contributed by atoms with Gasteiger partial charge >= 0.3 is 12.6 Å². The van der Waals surface area contributed by atoms with Crippen LogP contribution in [0.1, 0.15) is 20.8 Å². The molecule has 0 unspecified atom stereocenters. The van der Waals surface area contributed by atoms with Crippen molar-refractivity contribution in [3.05, 3.63) is 24.3 Å². The monoisotopic (exact) mass is 344 g/mol. The predicted octanol–water partition coefficient (Wildman–Crippen LogP) is 2.50. The molecule has 0 bridgehead atoms. The number of para-hydroxylation sites is 2. The summed E-state index contributed by atoms with van der Waals surface area (Å²) in [5.41, 5.74) is 0.141. The van der Waals surface area contributed by atoms with Gasteiger partial charge in [-0.05, 0) is 32.9 Å². The summed E-state index contributed by atoms with van der Waals surface area (Å²) in [6, 6.07) is 5.83. The Labute approximate surface area is 139 Å². The third-order valence-electron chi connectivity index (χ3n) is 3.09. The smallest absolute Gasteiger partial charge is 0.387 e. The highest BCUT2D eigenvalue weighted by molar-refractivity contribution is 5.94. The number of esters is 1. The van der Waals surface area contributed by atoms with Crippen molar-refractivity contribution >= 4 is 17.6 Å². The van der Waals surface area contributed by atoms with E-state index in [1.54, 1.807) is 17.9 Å². The van der Waals surface area contributed by atoms with Crippen LogP contribution in [-0.2, 0) is 14.3 Å². The van der Waals surface area contributed by atoms with Crippen LogP contribution in [0.2, 0.25) is 0 Å². The molecule has 1 amide bonds. The largest absolute Gasteiger partial charge is 0.465 e. The van der Waals surface area contributed by atoms with Crippen LogP contribution in [0.4, 0.5) is 14.5 Å². The highest BCUT2D eigenvalue weighted by Gasteiger charge is 2.19. The maximum absolute atomic E-state index is 12.4. The van der Waals surface area contributed by atoms with Crippen molar-refractivity contribution in [1.82, 2.24) is 4.90 Å². The Kier molecular flexibility index (Phi) is 8.11. The van der Waals surface area contributed by atoms with Crippen molar-refractivity contribution in [3.8, 4) is 5.75 Å². The first-order valence-electron chi connectivity index (χ1n) is 7.56. The van der Waals surface area contributed by atoms with Gasteiger partial charge in [0.1, 0.15) is 5.75 Å². The van der Waals surface area contributed by atoms with Crippen LogP contribution in [0.3, 0.4) is 0 Å². The maximum atomic E-state index is 12.4. The average molecular weight is 344 g/mol. The number of nitrogens with one attached hydrogen (secondary N) is 1. The van der Waals surface area contributed by atoms with E-state index in [4.69, 9.17) is 4.74 Å². The molecule has 8 heteroatoms. The molecule has 1 aromatic carbocycles. The summed E-state index contributed by atoms with van der Waals surface area (Å²) in [7, 11) is 0. The standard InChI is InChI=1S/C16H22F2N2O4/c1-4-23-15(22)10-20(11(2)3)9-14(21)19-12-7-5-6-8-13(12)24-16(17)18/h5-8,11,16H,4,9-10H2,1-3H3,(H,19,21). The highest BCUT2D eigenvalue weighted by atomic mass is 19.3. The fraction of sp³-hybridized carbons (Fsp3) is 0.500. The number of rotatable bonds is 9. The minimum atomic E-state index is -2.99. The fourth-order valence-corrected chi connectivity index (χ4v) is 1.94. The summed E-state index contributed by atoms with van der Waals surface area (Å²) in [5, 5.41) is 2.52. The second kappa shape index (κ2) is 9.82. The Bertz CT molecular complexity index is 553. The maximum Gasteiger partial charge on any atom is 0.387 e. The molecule has 0 radical (unpaired) electrons. The third-order valence-corrected chi connectivity index (χ3v) is 3.09. The van der Waals surface area contributed by atoms with Gasteiger partial charge in [0.2, 0.25) is 5.91 Å². The number of hydrogen-bond donors (Lipinski definition) is 1. The van der Waals surface area contributed by atoms with E-state index in [0.29, 0.717) is 0 Å². The van der Waals surface area contributed by atoms with E-state index in [1.165, 1.54) is 18.2 Å². The molecule has 0 aliphatic carbocycles. The number of hydrogen-bond acceptors (Lipinski definition) is 5. The first-order valence-corrected chi connectivity index (χ1v) is 7.56. The van der Waals surface area contributed by atoms with Gasteiger partial charge in [0, 0.05) is 6.04 Å². The van der Waals surface area contributed by atoms with Crippen molar-refractivity contribution in [2.24, 2.45) is 0 Å². The zero-order valence-electron chi connectivity index (χ0n) is 13.9. The minimum Gasteiger partial charge on any atom is -0.465 e. The Morgan fingerprint density at radius 3 is 2.46 bits per heavy atom. The Hall–Kier alpha value is -2.22. The zero-order valence-corrected chi connectivity index (χ0v) is 13.9. The molecule has 1 aromatic rings. The minimum absolute atomic E-state index is 0.0336. The Morgan fingerprint density at radius 1 is 1.21 bits per heavy atom. The molecular weight excluding hydrogens is 322 g/mol. The number of amides is 1. The van der Waals surface area contributed by atoms with Gasteiger partial charge in [0.05, 0.1) is 25.4 Å². The molecule has 1 N–H and O–H groups in total.